The maximum Gasteiger partial charge on any atom is 0.234 e. The summed E-state index contributed by atoms with van der Waals surface area (Å²) in [6.45, 7) is 3.25. The summed E-state index contributed by atoms with van der Waals surface area (Å²) in [5, 5.41) is 0. The van der Waals surface area contributed by atoms with Crippen LogP contribution in [0.4, 0.5) is 0 Å². The van der Waals surface area contributed by atoms with Gasteiger partial charge in [0.15, 0.2) is 0 Å². The van der Waals surface area contributed by atoms with Crippen molar-refractivity contribution >= 4 is 5.91 Å². The van der Waals surface area contributed by atoms with Gasteiger partial charge in [0.1, 0.15) is 0 Å². The quantitative estimate of drug-likeness (QED) is 0.779. The number of carbonyl (C=O) groups excluding carboxylic acids is 1. The van der Waals surface area contributed by atoms with E-state index in [2.05, 4.69) is 36.1 Å². The van der Waals surface area contributed by atoms with Gasteiger partial charge in [-0.15, -0.1) is 0 Å². The van der Waals surface area contributed by atoms with Gasteiger partial charge in [0.05, 0.1) is 5.92 Å². The highest BCUT2D eigenvalue weighted by atomic mass is 16.2. The van der Waals surface area contributed by atoms with E-state index in [0.29, 0.717) is 11.3 Å². The van der Waals surface area contributed by atoms with Crippen molar-refractivity contribution in [3.8, 4) is 0 Å². The summed E-state index contributed by atoms with van der Waals surface area (Å²) in [5.41, 5.74) is 4.53. The van der Waals surface area contributed by atoms with Gasteiger partial charge in [-0.25, -0.2) is 0 Å². The summed E-state index contributed by atoms with van der Waals surface area (Å²) in [6, 6.07) is 10.4. The molecule has 1 aromatic rings. The largest absolute Gasteiger partial charge is 0.315 e. The first-order chi connectivity index (χ1) is 10.7. The maximum absolute atomic E-state index is 13.1. The van der Waals surface area contributed by atoms with Crippen LogP contribution in [-0.2, 0) is 4.79 Å². The van der Waals surface area contributed by atoms with Gasteiger partial charge in [-0.3, -0.25) is 4.79 Å². The number of carbonyl (C=O) groups is 1. The van der Waals surface area contributed by atoms with Crippen LogP contribution < -0.4 is 0 Å². The van der Waals surface area contributed by atoms with Crippen LogP contribution in [0.2, 0.25) is 0 Å². The average Bonchev–Trinajstić information content (AvgIpc) is 2.58. The molecule has 1 aliphatic carbocycles. The Labute approximate surface area is 133 Å². The molecule has 2 heterocycles. The molecule has 1 aromatic carbocycles. The average molecular weight is 295 g/mol. The lowest BCUT2D eigenvalue weighted by Crippen LogP contribution is -2.50. The summed E-state index contributed by atoms with van der Waals surface area (Å²) in [5.74, 6) is 0.398. The number of rotatable bonds is 2. The van der Waals surface area contributed by atoms with Crippen LogP contribution in [0.1, 0.15) is 63.4 Å². The molecule has 2 heteroatoms. The van der Waals surface area contributed by atoms with Gasteiger partial charge in [-0.05, 0) is 56.1 Å². The Morgan fingerprint density at radius 3 is 2.73 bits per heavy atom. The number of piperidine rings is 1. The van der Waals surface area contributed by atoms with Gasteiger partial charge in [0.25, 0.3) is 0 Å². The second-order valence-corrected chi connectivity index (χ2v) is 7.20. The second kappa shape index (κ2) is 5.26. The third kappa shape index (κ3) is 1.96. The minimum atomic E-state index is 0.0470. The summed E-state index contributed by atoms with van der Waals surface area (Å²) in [6.07, 6.45) is 8.37. The van der Waals surface area contributed by atoms with Crippen LogP contribution in [-0.4, -0.2) is 17.4 Å². The Hall–Kier alpha value is -1.57. The van der Waals surface area contributed by atoms with Crippen molar-refractivity contribution in [3.63, 3.8) is 0 Å². The van der Waals surface area contributed by atoms with Gasteiger partial charge < -0.3 is 4.90 Å². The van der Waals surface area contributed by atoms with E-state index >= 15 is 0 Å². The maximum atomic E-state index is 13.1. The third-order valence-electron chi connectivity index (χ3n) is 6.17. The molecule has 2 nitrogen and oxygen atoms in total. The Kier molecular flexibility index (Phi) is 3.36. The molecule has 0 saturated carbocycles. The van der Waals surface area contributed by atoms with Gasteiger partial charge in [0.2, 0.25) is 5.91 Å². The van der Waals surface area contributed by atoms with Gasteiger partial charge in [-0.2, -0.15) is 0 Å². The lowest BCUT2D eigenvalue weighted by molar-refractivity contribution is -0.134. The van der Waals surface area contributed by atoms with E-state index < -0.39 is 0 Å². The minimum Gasteiger partial charge on any atom is -0.315 e. The molecular weight excluding hydrogens is 270 g/mol. The smallest absolute Gasteiger partial charge is 0.234 e. The van der Waals surface area contributed by atoms with E-state index in [0.717, 1.165) is 19.4 Å². The predicted octanol–water partition coefficient (Wildman–Crippen LogP) is 4.63. The number of hydrogen-bond acceptors (Lipinski definition) is 1. The van der Waals surface area contributed by atoms with Crippen LogP contribution in [0.25, 0.3) is 0 Å². The molecule has 2 atom stereocenters. The molecule has 116 valence electrons. The van der Waals surface area contributed by atoms with Crippen molar-refractivity contribution in [1.82, 2.24) is 4.90 Å². The molecule has 1 fully saturated rings. The fourth-order valence-corrected chi connectivity index (χ4v) is 5.07. The summed E-state index contributed by atoms with van der Waals surface area (Å²) in [4.78, 5) is 15.3. The van der Waals surface area contributed by atoms with Gasteiger partial charge in [0, 0.05) is 17.7 Å². The van der Waals surface area contributed by atoms with Crippen molar-refractivity contribution in [2.45, 2.75) is 57.8 Å². The number of amides is 1. The first-order valence-corrected chi connectivity index (χ1v) is 8.84. The van der Waals surface area contributed by atoms with E-state index in [9.17, 15) is 4.79 Å². The van der Waals surface area contributed by atoms with Crippen molar-refractivity contribution in [2.75, 3.05) is 6.54 Å². The number of benzene rings is 1. The summed E-state index contributed by atoms with van der Waals surface area (Å²) >= 11 is 0. The number of nitrogens with zero attached hydrogens (tertiary/aromatic N) is 1. The third-order valence-corrected chi connectivity index (χ3v) is 6.17. The van der Waals surface area contributed by atoms with Crippen molar-refractivity contribution < 1.29 is 4.79 Å². The van der Waals surface area contributed by atoms with E-state index in [-0.39, 0.29) is 5.92 Å². The molecule has 22 heavy (non-hydrogen) atoms. The molecule has 0 radical (unpaired) electrons. The summed E-state index contributed by atoms with van der Waals surface area (Å²) in [7, 11) is 0. The molecule has 0 spiro atoms. The molecular formula is C20H25NO. The lowest BCUT2D eigenvalue weighted by Gasteiger charge is -2.52. The Bertz CT molecular complexity index is 618. The SMILES string of the molecule is CCC12CCCC3=C1N(CCC2)C(=O)C(c1ccccc1)C3. The zero-order valence-electron chi connectivity index (χ0n) is 13.5. The van der Waals surface area contributed by atoms with E-state index in [4.69, 9.17) is 0 Å². The molecule has 0 bridgehead atoms. The Morgan fingerprint density at radius 1 is 1.18 bits per heavy atom. The molecule has 0 N–H and O–H groups in total. The first kappa shape index (κ1) is 14.0. The molecule has 4 rings (SSSR count). The normalized spacial score (nSPS) is 31.2. The highest BCUT2D eigenvalue weighted by Crippen LogP contribution is 2.54. The fourth-order valence-electron chi connectivity index (χ4n) is 5.07. The Morgan fingerprint density at radius 2 is 1.95 bits per heavy atom. The zero-order chi connectivity index (χ0) is 15.2. The van der Waals surface area contributed by atoms with Crippen molar-refractivity contribution in [2.24, 2.45) is 5.41 Å². The Balaban J connectivity index is 1.79. The van der Waals surface area contributed by atoms with E-state index in [1.165, 1.54) is 43.4 Å². The van der Waals surface area contributed by atoms with Crippen LogP contribution in [0.5, 0.6) is 0 Å². The van der Waals surface area contributed by atoms with Gasteiger partial charge >= 0.3 is 0 Å². The van der Waals surface area contributed by atoms with Crippen molar-refractivity contribution in [1.29, 1.82) is 0 Å². The molecule has 1 amide bonds. The molecule has 1 saturated heterocycles. The monoisotopic (exact) mass is 295 g/mol. The number of hydrogen-bond donors (Lipinski definition) is 0. The predicted molar refractivity (Wildman–Crippen MR) is 88.3 cm³/mol. The second-order valence-electron chi connectivity index (χ2n) is 7.20. The van der Waals surface area contributed by atoms with E-state index in [1.54, 1.807) is 5.57 Å². The summed E-state index contributed by atoms with van der Waals surface area (Å²) < 4.78 is 0. The van der Waals surface area contributed by atoms with Crippen LogP contribution in [0.15, 0.2) is 41.6 Å². The lowest BCUT2D eigenvalue weighted by atomic mass is 9.63. The topological polar surface area (TPSA) is 20.3 Å². The van der Waals surface area contributed by atoms with Gasteiger partial charge in [-0.1, -0.05) is 37.3 Å². The highest BCUT2D eigenvalue weighted by molar-refractivity contribution is 5.87. The zero-order valence-corrected chi connectivity index (χ0v) is 13.5. The minimum absolute atomic E-state index is 0.0470. The van der Waals surface area contributed by atoms with Crippen molar-refractivity contribution in [3.05, 3.63) is 47.2 Å². The highest BCUT2D eigenvalue weighted by Gasteiger charge is 2.48. The standard InChI is InChI=1S/C20H25NO/c1-2-20-11-6-10-16-14-17(15-8-4-3-5-9-15)19(22)21(18(16)20)13-7-12-20/h3-5,8-9,17H,2,6-7,10-14H2,1H3. The number of allylic oxidation sites excluding steroid dienone is 2. The first-order valence-electron chi connectivity index (χ1n) is 8.84. The molecule has 2 aliphatic heterocycles. The molecule has 0 aromatic heterocycles. The molecule has 2 unspecified atom stereocenters. The molecule has 3 aliphatic rings. The fraction of sp³-hybridized carbons (Fsp3) is 0.550. The van der Waals surface area contributed by atoms with Crippen LogP contribution in [0, 0.1) is 5.41 Å². The van der Waals surface area contributed by atoms with E-state index in [1.807, 2.05) is 6.07 Å². The van der Waals surface area contributed by atoms with Crippen LogP contribution in [0.3, 0.4) is 0 Å². The van der Waals surface area contributed by atoms with Crippen LogP contribution >= 0.6 is 0 Å².